The largest absolute Gasteiger partial charge is 0.494 e. The average Bonchev–Trinajstić information content (AvgIpc) is 3.10. The number of hydrogen-bond acceptors (Lipinski definition) is 6. The molecular formula is C24H32N6O2. The summed E-state index contributed by atoms with van der Waals surface area (Å²) >= 11 is 0. The van der Waals surface area contributed by atoms with Crippen LogP contribution in [0.2, 0.25) is 0 Å². The van der Waals surface area contributed by atoms with Crippen molar-refractivity contribution in [1.82, 2.24) is 24.6 Å². The van der Waals surface area contributed by atoms with E-state index < -0.39 is 0 Å². The van der Waals surface area contributed by atoms with E-state index in [1.807, 2.05) is 63.8 Å². The third kappa shape index (κ3) is 4.27. The molecule has 1 aromatic carbocycles. The highest BCUT2D eigenvalue weighted by Crippen LogP contribution is 2.25. The van der Waals surface area contributed by atoms with Crippen molar-refractivity contribution in [2.24, 2.45) is 7.05 Å². The van der Waals surface area contributed by atoms with Crippen LogP contribution in [0.3, 0.4) is 0 Å². The number of nitrogens with zero attached hydrogens (tertiary/aromatic N) is 5. The molecule has 1 aliphatic rings. The Labute approximate surface area is 188 Å². The Hall–Kier alpha value is -3.13. The Balaban J connectivity index is 1.75. The van der Waals surface area contributed by atoms with Crippen LogP contribution in [-0.2, 0) is 20.0 Å². The fraction of sp³-hybridized carbons (Fsp3) is 0.458. The molecule has 170 valence electrons. The number of aryl methyl sites for hydroxylation is 2. The Morgan fingerprint density at radius 3 is 2.62 bits per heavy atom. The number of fused-ring (bicyclic) bond motifs is 1. The predicted octanol–water partition coefficient (Wildman–Crippen LogP) is 2.91. The van der Waals surface area contributed by atoms with E-state index in [2.05, 4.69) is 21.4 Å². The summed E-state index contributed by atoms with van der Waals surface area (Å²) < 4.78 is 9.21. The van der Waals surface area contributed by atoms with Crippen LogP contribution in [0.1, 0.15) is 49.1 Å². The van der Waals surface area contributed by atoms with E-state index in [9.17, 15) is 4.79 Å². The summed E-state index contributed by atoms with van der Waals surface area (Å²) in [7, 11) is 3.95. The highest BCUT2D eigenvalue weighted by atomic mass is 16.5. The molecule has 1 N–H and O–H groups in total. The molecule has 1 atom stereocenters. The lowest BCUT2D eigenvalue weighted by Gasteiger charge is -2.29. The topological polar surface area (TPSA) is 77.2 Å². The molecule has 32 heavy (non-hydrogen) atoms. The van der Waals surface area contributed by atoms with Crippen molar-refractivity contribution in [2.75, 3.05) is 25.1 Å². The molecular weight excluding hydrogens is 404 g/mol. The SMILES string of the molecule is CCOc1ccc(-n2c(C(C)NCc3cc(C)nn3C)nc3c(c2=O)CCCN3C)cc1. The summed E-state index contributed by atoms with van der Waals surface area (Å²) in [6.07, 6.45) is 1.70. The molecule has 2 aromatic heterocycles. The number of nitrogens with one attached hydrogen (secondary N) is 1. The molecule has 0 fully saturated rings. The minimum Gasteiger partial charge on any atom is -0.494 e. The summed E-state index contributed by atoms with van der Waals surface area (Å²) in [4.78, 5) is 20.7. The molecule has 0 aliphatic carbocycles. The molecule has 0 bridgehead atoms. The zero-order chi connectivity index (χ0) is 22.8. The van der Waals surface area contributed by atoms with E-state index in [0.717, 1.165) is 53.6 Å². The highest BCUT2D eigenvalue weighted by Gasteiger charge is 2.25. The van der Waals surface area contributed by atoms with E-state index in [-0.39, 0.29) is 11.6 Å². The van der Waals surface area contributed by atoms with Gasteiger partial charge in [0, 0.05) is 27.2 Å². The van der Waals surface area contributed by atoms with Gasteiger partial charge in [0.25, 0.3) is 5.56 Å². The molecule has 0 radical (unpaired) electrons. The van der Waals surface area contributed by atoms with Gasteiger partial charge in [-0.25, -0.2) is 4.98 Å². The van der Waals surface area contributed by atoms with E-state index in [1.54, 1.807) is 4.57 Å². The van der Waals surface area contributed by atoms with E-state index in [1.165, 1.54) is 0 Å². The Morgan fingerprint density at radius 1 is 1.22 bits per heavy atom. The van der Waals surface area contributed by atoms with Crippen molar-refractivity contribution in [2.45, 2.75) is 46.2 Å². The van der Waals surface area contributed by atoms with Crippen molar-refractivity contribution in [3.63, 3.8) is 0 Å². The van der Waals surface area contributed by atoms with E-state index in [0.29, 0.717) is 19.0 Å². The smallest absolute Gasteiger partial charge is 0.263 e. The number of benzene rings is 1. The molecule has 8 heteroatoms. The van der Waals surface area contributed by atoms with Crippen molar-refractivity contribution in [1.29, 1.82) is 0 Å². The number of rotatable bonds is 7. The third-order valence-corrected chi connectivity index (χ3v) is 5.94. The van der Waals surface area contributed by atoms with Gasteiger partial charge >= 0.3 is 0 Å². The second-order valence-corrected chi connectivity index (χ2v) is 8.37. The van der Waals surface area contributed by atoms with E-state index in [4.69, 9.17) is 9.72 Å². The summed E-state index contributed by atoms with van der Waals surface area (Å²) in [5.74, 6) is 2.28. The summed E-state index contributed by atoms with van der Waals surface area (Å²) in [6, 6.07) is 9.56. The fourth-order valence-electron chi connectivity index (χ4n) is 4.27. The summed E-state index contributed by atoms with van der Waals surface area (Å²) in [6.45, 7) is 8.12. The number of anilines is 1. The van der Waals surface area contributed by atoms with Gasteiger partial charge in [-0.2, -0.15) is 5.10 Å². The normalized spacial score (nSPS) is 14.3. The van der Waals surface area contributed by atoms with Crippen LogP contribution >= 0.6 is 0 Å². The Morgan fingerprint density at radius 2 is 1.97 bits per heavy atom. The van der Waals surface area contributed by atoms with Gasteiger partial charge in [0.15, 0.2) is 0 Å². The minimum absolute atomic E-state index is 0.00531. The monoisotopic (exact) mass is 436 g/mol. The van der Waals surface area contributed by atoms with Gasteiger partial charge in [-0.1, -0.05) is 0 Å². The van der Waals surface area contributed by atoms with Gasteiger partial charge in [0.05, 0.1) is 35.3 Å². The quantitative estimate of drug-likeness (QED) is 0.614. The molecule has 0 saturated carbocycles. The molecule has 3 heterocycles. The first-order chi connectivity index (χ1) is 15.4. The maximum Gasteiger partial charge on any atom is 0.263 e. The summed E-state index contributed by atoms with van der Waals surface area (Å²) in [5.41, 5.74) is 3.65. The highest BCUT2D eigenvalue weighted by molar-refractivity contribution is 5.50. The maximum absolute atomic E-state index is 13.7. The first-order valence-electron chi connectivity index (χ1n) is 11.2. The third-order valence-electron chi connectivity index (χ3n) is 5.94. The Kier molecular flexibility index (Phi) is 6.32. The first kappa shape index (κ1) is 22.1. The number of aromatic nitrogens is 4. The lowest BCUT2D eigenvalue weighted by Crippen LogP contribution is -2.37. The van der Waals surface area contributed by atoms with Crippen molar-refractivity contribution in [3.05, 3.63) is 63.5 Å². The molecule has 3 aromatic rings. The molecule has 1 aliphatic heterocycles. The number of hydrogen-bond donors (Lipinski definition) is 1. The van der Waals surface area contributed by atoms with Crippen molar-refractivity contribution in [3.8, 4) is 11.4 Å². The first-order valence-corrected chi connectivity index (χ1v) is 11.2. The Bertz CT molecular complexity index is 1150. The molecule has 0 spiro atoms. The zero-order valence-electron chi connectivity index (χ0n) is 19.6. The minimum atomic E-state index is -0.148. The van der Waals surface area contributed by atoms with Gasteiger partial charge in [-0.15, -0.1) is 0 Å². The summed E-state index contributed by atoms with van der Waals surface area (Å²) in [5, 5.41) is 7.95. The van der Waals surface area contributed by atoms with Crippen LogP contribution in [0.5, 0.6) is 5.75 Å². The van der Waals surface area contributed by atoms with Gasteiger partial charge in [0.2, 0.25) is 0 Å². The molecule has 0 saturated heterocycles. The lowest BCUT2D eigenvalue weighted by molar-refractivity contribution is 0.340. The van der Waals surface area contributed by atoms with Crippen molar-refractivity contribution < 1.29 is 4.74 Å². The van der Waals surface area contributed by atoms with Crippen LogP contribution in [0.25, 0.3) is 5.69 Å². The van der Waals surface area contributed by atoms with Crippen LogP contribution in [0, 0.1) is 6.92 Å². The van der Waals surface area contributed by atoms with Gasteiger partial charge < -0.3 is 15.0 Å². The molecule has 8 nitrogen and oxygen atoms in total. The molecule has 1 unspecified atom stereocenters. The second-order valence-electron chi connectivity index (χ2n) is 8.37. The predicted molar refractivity (Wildman–Crippen MR) is 126 cm³/mol. The zero-order valence-corrected chi connectivity index (χ0v) is 19.6. The maximum atomic E-state index is 13.7. The van der Waals surface area contributed by atoms with Crippen LogP contribution in [0.4, 0.5) is 5.82 Å². The molecule has 4 rings (SSSR count). The van der Waals surface area contributed by atoms with Gasteiger partial charge in [-0.05, 0) is 63.9 Å². The lowest BCUT2D eigenvalue weighted by atomic mass is 10.1. The standard InChI is InChI=1S/C24H32N6O2/c1-6-32-20-11-9-18(10-12-20)30-22(17(3)25-15-19-14-16(2)27-29(19)5)26-23-21(24(30)31)8-7-13-28(23)4/h9-12,14,17,25H,6-8,13,15H2,1-5H3. The van der Waals surface area contributed by atoms with Crippen LogP contribution in [0.15, 0.2) is 35.1 Å². The van der Waals surface area contributed by atoms with Crippen LogP contribution in [-0.4, -0.2) is 39.5 Å². The average molecular weight is 437 g/mol. The second kappa shape index (κ2) is 9.16. The van der Waals surface area contributed by atoms with E-state index >= 15 is 0 Å². The van der Waals surface area contributed by atoms with Crippen LogP contribution < -0.4 is 20.5 Å². The fourth-order valence-corrected chi connectivity index (χ4v) is 4.27. The number of ether oxygens (including phenoxy) is 1. The van der Waals surface area contributed by atoms with Crippen molar-refractivity contribution >= 4 is 5.82 Å². The van der Waals surface area contributed by atoms with Gasteiger partial charge in [0.1, 0.15) is 17.4 Å². The molecule has 0 amide bonds. The van der Waals surface area contributed by atoms with Gasteiger partial charge in [-0.3, -0.25) is 14.0 Å².